The first-order valence-corrected chi connectivity index (χ1v) is 7.09. The van der Waals surface area contributed by atoms with Crippen molar-refractivity contribution in [2.24, 2.45) is 0 Å². The number of ether oxygens (including phenoxy) is 2. The molecule has 0 aromatic carbocycles. The van der Waals surface area contributed by atoms with Crippen molar-refractivity contribution in [1.82, 2.24) is 0 Å². The van der Waals surface area contributed by atoms with Crippen molar-refractivity contribution < 1.29 is 24.8 Å². The minimum Gasteiger partial charge on any atom is -0.493 e. The zero-order valence-corrected chi connectivity index (χ0v) is 11.6. The van der Waals surface area contributed by atoms with Gasteiger partial charge < -0.3 is 24.8 Å². The van der Waals surface area contributed by atoms with E-state index in [0.717, 1.165) is 12.8 Å². The van der Waals surface area contributed by atoms with Crippen molar-refractivity contribution in [3.05, 3.63) is 12.3 Å². The second-order valence-corrected chi connectivity index (χ2v) is 4.94. The van der Waals surface area contributed by atoms with E-state index in [1.807, 2.05) is 6.08 Å². The molecule has 112 valence electrons. The summed E-state index contributed by atoms with van der Waals surface area (Å²) in [5.74, 6) is 0. The molecule has 1 aliphatic heterocycles. The van der Waals surface area contributed by atoms with E-state index < -0.39 is 31.0 Å². The minimum atomic E-state index is -1.03. The van der Waals surface area contributed by atoms with E-state index in [2.05, 4.69) is 6.92 Å². The van der Waals surface area contributed by atoms with Crippen LogP contribution >= 0.6 is 0 Å². The largest absolute Gasteiger partial charge is 0.493 e. The van der Waals surface area contributed by atoms with Crippen LogP contribution in [0.1, 0.15) is 39.0 Å². The molecule has 0 aliphatic carbocycles. The topological polar surface area (TPSA) is 79.2 Å². The predicted octanol–water partition coefficient (Wildman–Crippen LogP) is 0.969. The first-order valence-electron chi connectivity index (χ1n) is 7.09. The molecule has 0 aromatic heterocycles. The van der Waals surface area contributed by atoms with Crippen molar-refractivity contribution in [3.63, 3.8) is 0 Å². The van der Waals surface area contributed by atoms with Gasteiger partial charge in [-0.25, -0.2) is 0 Å². The molecule has 0 unspecified atom stereocenters. The summed E-state index contributed by atoms with van der Waals surface area (Å²) in [6, 6.07) is 0. The number of hydrogen-bond donors (Lipinski definition) is 3. The van der Waals surface area contributed by atoms with Gasteiger partial charge >= 0.3 is 0 Å². The maximum atomic E-state index is 9.70. The first kappa shape index (κ1) is 16.4. The highest BCUT2D eigenvalue weighted by atomic mass is 16.6. The molecule has 5 nitrogen and oxygen atoms in total. The molecule has 0 amide bonds. The van der Waals surface area contributed by atoms with Crippen LogP contribution in [-0.2, 0) is 9.47 Å². The molecule has 0 bridgehead atoms. The van der Waals surface area contributed by atoms with E-state index >= 15 is 0 Å². The van der Waals surface area contributed by atoms with Crippen molar-refractivity contribution in [2.75, 3.05) is 13.2 Å². The monoisotopic (exact) mass is 274 g/mol. The van der Waals surface area contributed by atoms with Crippen molar-refractivity contribution in [1.29, 1.82) is 0 Å². The number of unbranched alkanes of at least 4 members (excludes halogenated alkanes) is 4. The lowest BCUT2D eigenvalue weighted by Gasteiger charge is -2.22. The lowest BCUT2D eigenvalue weighted by molar-refractivity contribution is -0.0721. The van der Waals surface area contributed by atoms with Gasteiger partial charge in [0.25, 0.3) is 0 Å². The Morgan fingerprint density at radius 2 is 2.16 bits per heavy atom. The van der Waals surface area contributed by atoms with E-state index in [1.54, 1.807) is 6.26 Å². The van der Waals surface area contributed by atoms with Gasteiger partial charge in [0.2, 0.25) is 0 Å². The highest BCUT2D eigenvalue weighted by Gasteiger charge is 2.41. The zero-order chi connectivity index (χ0) is 14.1. The number of aliphatic hydroxyl groups is 3. The second-order valence-electron chi connectivity index (χ2n) is 4.94. The molecule has 19 heavy (non-hydrogen) atoms. The summed E-state index contributed by atoms with van der Waals surface area (Å²) in [7, 11) is 0. The normalized spacial score (nSPS) is 28.9. The maximum Gasteiger partial charge on any atom is 0.154 e. The standard InChI is InChI=1S/C14H26O5/c1-2-3-4-5-6-7-8-18-14-12(17)10-19-13(14)11(16)9-15/h7-8,11-17H,2-6,9-10H2,1H3/b8-7+/t11-,12+,13-,14-/m1/s1. The fraction of sp³-hybridized carbons (Fsp3) is 0.857. The molecule has 1 saturated heterocycles. The lowest BCUT2D eigenvalue weighted by Crippen LogP contribution is -2.41. The van der Waals surface area contributed by atoms with E-state index in [1.165, 1.54) is 19.3 Å². The Bertz CT molecular complexity index is 256. The molecule has 1 fully saturated rings. The van der Waals surface area contributed by atoms with Gasteiger partial charge in [0.1, 0.15) is 18.3 Å². The maximum absolute atomic E-state index is 9.70. The minimum absolute atomic E-state index is 0.122. The van der Waals surface area contributed by atoms with Crippen molar-refractivity contribution >= 4 is 0 Å². The van der Waals surface area contributed by atoms with Crippen LogP contribution in [0.3, 0.4) is 0 Å². The molecule has 1 rings (SSSR count). The van der Waals surface area contributed by atoms with Crippen LogP contribution in [-0.4, -0.2) is 52.9 Å². The molecule has 0 saturated carbocycles. The van der Waals surface area contributed by atoms with Crippen molar-refractivity contribution in [3.8, 4) is 0 Å². The van der Waals surface area contributed by atoms with Gasteiger partial charge in [-0.15, -0.1) is 0 Å². The van der Waals surface area contributed by atoms with Gasteiger partial charge in [-0.2, -0.15) is 0 Å². The zero-order valence-electron chi connectivity index (χ0n) is 11.6. The highest BCUT2D eigenvalue weighted by molar-refractivity contribution is 4.91. The molecule has 0 spiro atoms. The van der Waals surface area contributed by atoms with Crippen LogP contribution in [0, 0.1) is 0 Å². The summed E-state index contributed by atoms with van der Waals surface area (Å²) < 4.78 is 10.7. The third-order valence-electron chi connectivity index (χ3n) is 3.29. The van der Waals surface area contributed by atoms with Gasteiger partial charge in [0, 0.05) is 0 Å². The number of rotatable bonds is 9. The Morgan fingerprint density at radius 1 is 1.37 bits per heavy atom. The van der Waals surface area contributed by atoms with Gasteiger partial charge in [-0.05, 0) is 18.9 Å². The number of aliphatic hydroxyl groups excluding tert-OH is 3. The Hall–Kier alpha value is -0.620. The second kappa shape index (κ2) is 9.31. The summed E-state index contributed by atoms with van der Waals surface area (Å²) in [4.78, 5) is 0. The first-order chi connectivity index (χ1) is 9.20. The summed E-state index contributed by atoms with van der Waals surface area (Å²) in [5, 5.41) is 28.2. The van der Waals surface area contributed by atoms with Gasteiger partial charge in [0.05, 0.1) is 19.5 Å². The summed E-state index contributed by atoms with van der Waals surface area (Å²) in [5.41, 5.74) is 0. The molecular formula is C14H26O5. The summed E-state index contributed by atoms with van der Waals surface area (Å²) >= 11 is 0. The van der Waals surface area contributed by atoms with Crippen LogP contribution in [0.5, 0.6) is 0 Å². The quantitative estimate of drug-likeness (QED) is 0.431. The van der Waals surface area contributed by atoms with Crippen LogP contribution in [0.2, 0.25) is 0 Å². The van der Waals surface area contributed by atoms with Gasteiger partial charge in [-0.3, -0.25) is 0 Å². The molecule has 3 N–H and O–H groups in total. The van der Waals surface area contributed by atoms with Crippen LogP contribution in [0.15, 0.2) is 12.3 Å². The Labute approximate surface area is 114 Å². The fourth-order valence-corrected chi connectivity index (χ4v) is 2.12. The third kappa shape index (κ3) is 5.48. The van der Waals surface area contributed by atoms with Crippen molar-refractivity contribution in [2.45, 2.75) is 63.4 Å². The van der Waals surface area contributed by atoms with Gasteiger partial charge in [-0.1, -0.05) is 26.2 Å². The summed E-state index contributed by atoms with van der Waals surface area (Å²) in [6.07, 6.45) is 6.13. The molecule has 4 atom stereocenters. The van der Waals surface area contributed by atoms with Crippen LogP contribution in [0.4, 0.5) is 0 Å². The fourth-order valence-electron chi connectivity index (χ4n) is 2.12. The number of hydrogen-bond acceptors (Lipinski definition) is 5. The highest BCUT2D eigenvalue weighted by Crippen LogP contribution is 2.21. The third-order valence-corrected chi connectivity index (χ3v) is 3.29. The average molecular weight is 274 g/mol. The van der Waals surface area contributed by atoms with Gasteiger partial charge in [0.15, 0.2) is 6.10 Å². The Balaban J connectivity index is 2.27. The Morgan fingerprint density at radius 3 is 2.84 bits per heavy atom. The molecule has 1 heterocycles. The molecule has 0 radical (unpaired) electrons. The smallest absolute Gasteiger partial charge is 0.154 e. The SMILES string of the molecule is CCCCCC/C=C/O[C@H]1[C@@H]([C@H](O)CO)OC[C@@H]1O. The van der Waals surface area contributed by atoms with E-state index in [0.29, 0.717) is 0 Å². The lowest BCUT2D eigenvalue weighted by atomic mass is 10.1. The molecule has 1 aliphatic rings. The van der Waals surface area contributed by atoms with E-state index in [4.69, 9.17) is 14.6 Å². The predicted molar refractivity (Wildman–Crippen MR) is 71.6 cm³/mol. The van der Waals surface area contributed by atoms with Crippen LogP contribution < -0.4 is 0 Å². The number of allylic oxidation sites excluding steroid dienone is 1. The molecule has 0 aromatic rings. The Kier molecular flexibility index (Phi) is 8.05. The molecule has 5 heteroatoms. The van der Waals surface area contributed by atoms with E-state index in [9.17, 15) is 10.2 Å². The average Bonchev–Trinajstić information content (AvgIpc) is 2.78. The molecular weight excluding hydrogens is 248 g/mol. The van der Waals surface area contributed by atoms with E-state index in [-0.39, 0.29) is 6.61 Å². The summed E-state index contributed by atoms with van der Waals surface area (Å²) in [6.45, 7) is 1.89. The van der Waals surface area contributed by atoms with Crippen LogP contribution in [0.25, 0.3) is 0 Å².